The Kier molecular flexibility index (Phi) is 5.22. The van der Waals surface area contributed by atoms with Crippen molar-refractivity contribution in [2.75, 3.05) is 29.5 Å². The van der Waals surface area contributed by atoms with Gasteiger partial charge in [0.05, 0.1) is 10.7 Å². The van der Waals surface area contributed by atoms with Crippen molar-refractivity contribution < 1.29 is 0 Å². The minimum atomic E-state index is 0.559. The van der Waals surface area contributed by atoms with Crippen LogP contribution in [0.5, 0.6) is 0 Å². The average molecular weight is 285 g/mol. The normalized spacial score (nSPS) is 20.2. The first-order valence-electron chi connectivity index (χ1n) is 6.56. The third kappa shape index (κ3) is 3.14. The molecule has 1 atom stereocenters. The molecule has 0 saturated carbocycles. The van der Waals surface area contributed by atoms with Crippen LogP contribution in [-0.2, 0) is 6.54 Å². The zero-order valence-electron chi connectivity index (χ0n) is 11.1. The van der Waals surface area contributed by atoms with Gasteiger partial charge in [-0.05, 0) is 25.1 Å². The molecule has 0 bridgehead atoms. The van der Waals surface area contributed by atoms with Crippen LogP contribution in [0.15, 0.2) is 18.2 Å². The highest BCUT2D eigenvalue weighted by molar-refractivity contribution is 7.99. The number of thioether (sulfide) groups is 1. The van der Waals surface area contributed by atoms with Gasteiger partial charge in [0.25, 0.3) is 0 Å². The minimum absolute atomic E-state index is 0.559. The van der Waals surface area contributed by atoms with Crippen molar-refractivity contribution in [2.45, 2.75) is 26.4 Å². The highest BCUT2D eigenvalue weighted by Gasteiger charge is 2.22. The van der Waals surface area contributed by atoms with E-state index >= 15 is 0 Å². The molecule has 1 aliphatic heterocycles. The van der Waals surface area contributed by atoms with Gasteiger partial charge in [0.15, 0.2) is 0 Å². The quantitative estimate of drug-likeness (QED) is 0.912. The van der Waals surface area contributed by atoms with E-state index in [1.54, 1.807) is 0 Å². The van der Waals surface area contributed by atoms with E-state index in [0.29, 0.717) is 6.04 Å². The fourth-order valence-electron chi connectivity index (χ4n) is 2.34. The Balaban J connectivity index is 2.28. The molecule has 1 aliphatic rings. The topological polar surface area (TPSA) is 15.3 Å². The molecule has 100 valence electrons. The Morgan fingerprint density at radius 3 is 3.06 bits per heavy atom. The van der Waals surface area contributed by atoms with Crippen LogP contribution in [0.2, 0.25) is 5.02 Å². The van der Waals surface area contributed by atoms with Crippen molar-refractivity contribution in [1.82, 2.24) is 5.32 Å². The molecule has 1 N–H and O–H groups in total. The summed E-state index contributed by atoms with van der Waals surface area (Å²) < 4.78 is 0. The van der Waals surface area contributed by atoms with E-state index in [9.17, 15) is 0 Å². The van der Waals surface area contributed by atoms with Gasteiger partial charge in [-0.15, -0.1) is 0 Å². The van der Waals surface area contributed by atoms with Crippen molar-refractivity contribution in [3.63, 3.8) is 0 Å². The van der Waals surface area contributed by atoms with E-state index in [1.807, 2.05) is 23.9 Å². The molecule has 1 aromatic rings. The third-order valence-corrected chi connectivity index (χ3v) is 4.79. The molecule has 1 saturated heterocycles. The van der Waals surface area contributed by atoms with E-state index in [-0.39, 0.29) is 0 Å². The molecule has 4 heteroatoms. The first kappa shape index (κ1) is 14.0. The van der Waals surface area contributed by atoms with Crippen LogP contribution in [0, 0.1) is 0 Å². The summed E-state index contributed by atoms with van der Waals surface area (Å²) in [6.45, 7) is 7.38. The Morgan fingerprint density at radius 1 is 1.50 bits per heavy atom. The zero-order chi connectivity index (χ0) is 13.0. The Hall–Kier alpha value is -0.380. The van der Waals surface area contributed by atoms with Crippen molar-refractivity contribution in [3.8, 4) is 0 Å². The lowest BCUT2D eigenvalue weighted by Crippen LogP contribution is -2.41. The smallest absolute Gasteiger partial charge is 0.0643 e. The standard InChI is InChI=1S/C14H21ClN2S/c1-3-16-9-12-5-4-6-13(15)14(12)17-7-8-18-10-11(17)2/h4-6,11,16H,3,7-10H2,1-2H3. The zero-order valence-corrected chi connectivity index (χ0v) is 12.7. The molecule has 1 unspecified atom stereocenters. The van der Waals surface area contributed by atoms with Gasteiger partial charge in [0.1, 0.15) is 0 Å². The number of para-hydroxylation sites is 1. The number of anilines is 1. The summed E-state index contributed by atoms with van der Waals surface area (Å²) in [6.07, 6.45) is 0. The summed E-state index contributed by atoms with van der Waals surface area (Å²) in [4.78, 5) is 2.46. The largest absolute Gasteiger partial charge is 0.366 e. The molecule has 2 nitrogen and oxygen atoms in total. The van der Waals surface area contributed by atoms with E-state index in [0.717, 1.165) is 24.7 Å². The number of hydrogen-bond donors (Lipinski definition) is 1. The lowest BCUT2D eigenvalue weighted by molar-refractivity contribution is 0.681. The van der Waals surface area contributed by atoms with E-state index in [4.69, 9.17) is 11.6 Å². The van der Waals surface area contributed by atoms with Crippen LogP contribution in [0.25, 0.3) is 0 Å². The maximum Gasteiger partial charge on any atom is 0.0643 e. The number of nitrogens with one attached hydrogen (secondary N) is 1. The number of nitrogens with zero attached hydrogens (tertiary/aromatic N) is 1. The van der Waals surface area contributed by atoms with Crippen molar-refractivity contribution in [1.29, 1.82) is 0 Å². The fourth-order valence-corrected chi connectivity index (χ4v) is 3.66. The highest BCUT2D eigenvalue weighted by Crippen LogP contribution is 2.33. The summed E-state index contributed by atoms with van der Waals surface area (Å²) in [6, 6.07) is 6.78. The van der Waals surface area contributed by atoms with E-state index in [1.165, 1.54) is 22.8 Å². The molecule has 0 aromatic heterocycles. The highest BCUT2D eigenvalue weighted by atomic mass is 35.5. The first-order chi connectivity index (χ1) is 8.74. The molecular weight excluding hydrogens is 264 g/mol. The van der Waals surface area contributed by atoms with Crippen molar-refractivity contribution >= 4 is 29.1 Å². The minimum Gasteiger partial charge on any atom is -0.366 e. The summed E-state index contributed by atoms with van der Waals surface area (Å²) in [5.41, 5.74) is 2.54. The van der Waals surface area contributed by atoms with Gasteiger partial charge in [-0.1, -0.05) is 30.7 Å². The number of halogens is 1. The number of hydrogen-bond acceptors (Lipinski definition) is 3. The molecule has 1 heterocycles. The van der Waals surface area contributed by atoms with Crippen LogP contribution in [0.1, 0.15) is 19.4 Å². The second-order valence-electron chi connectivity index (χ2n) is 4.65. The second-order valence-corrected chi connectivity index (χ2v) is 6.20. The fraction of sp³-hybridized carbons (Fsp3) is 0.571. The van der Waals surface area contributed by atoms with Gasteiger partial charge < -0.3 is 10.2 Å². The molecule has 1 fully saturated rings. The summed E-state index contributed by atoms with van der Waals surface area (Å²) >= 11 is 8.46. The van der Waals surface area contributed by atoms with Gasteiger partial charge in [0.2, 0.25) is 0 Å². The predicted molar refractivity (Wildman–Crippen MR) is 83.0 cm³/mol. The third-order valence-electron chi connectivity index (χ3n) is 3.29. The van der Waals surface area contributed by atoms with Crippen LogP contribution in [0.4, 0.5) is 5.69 Å². The number of rotatable bonds is 4. The molecule has 0 amide bonds. The van der Waals surface area contributed by atoms with Crippen LogP contribution in [0.3, 0.4) is 0 Å². The lowest BCUT2D eigenvalue weighted by atomic mass is 10.1. The van der Waals surface area contributed by atoms with Gasteiger partial charge in [-0.25, -0.2) is 0 Å². The van der Waals surface area contributed by atoms with Crippen LogP contribution < -0.4 is 10.2 Å². The second kappa shape index (κ2) is 6.69. The SMILES string of the molecule is CCNCc1cccc(Cl)c1N1CCSCC1C. The molecular formula is C14H21ClN2S. The maximum absolute atomic E-state index is 6.43. The molecule has 0 radical (unpaired) electrons. The van der Waals surface area contributed by atoms with E-state index in [2.05, 4.69) is 30.1 Å². The monoisotopic (exact) mass is 284 g/mol. The summed E-state index contributed by atoms with van der Waals surface area (Å²) in [5.74, 6) is 2.38. The van der Waals surface area contributed by atoms with Crippen LogP contribution >= 0.6 is 23.4 Å². The Labute approximate surface area is 119 Å². The summed E-state index contributed by atoms with van der Waals surface area (Å²) in [7, 11) is 0. The van der Waals surface area contributed by atoms with Gasteiger partial charge in [0, 0.05) is 30.6 Å². The van der Waals surface area contributed by atoms with Gasteiger partial charge in [-0.2, -0.15) is 11.8 Å². The summed E-state index contributed by atoms with van der Waals surface area (Å²) in [5, 5.41) is 4.27. The van der Waals surface area contributed by atoms with E-state index < -0.39 is 0 Å². The Morgan fingerprint density at radius 2 is 2.33 bits per heavy atom. The van der Waals surface area contributed by atoms with Gasteiger partial charge >= 0.3 is 0 Å². The molecule has 0 spiro atoms. The average Bonchev–Trinajstić information content (AvgIpc) is 2.38. The van der Waals surface area contributed by atoms with Gasteiger partial charge in [-0.3, -0.25) is 0 Å². The van der Waals surface area contributed by atoms with Crippen molar-refractivity contribution in [3.05, 3.63) is 28.8 Å². The first-order valence-corrected chi connectivity index (χ1v) is 8.09. The Bertz CT molecular complexity index is 397. The lowest BCUT2D eigenvalue weighted by Gasteiger charge is -2.37. The molecule has 2 rings (SSSR count). The number of benzene rings is 1. The maximum atomic E-state index is 6.43. The molecule has 18 heavy (non-hydrogen) atoms. The van der Waals surface area contributed by atoms with Crippen LogP contribution in [-0.4, -0.2) is 30.6 Å². The van der Waals surface area contributed by atoms with Crippen molar-refractivity contribution in [2.24, 2.45) is 0 Å². The predicted octanol–water partition coefficient (Wildman–Crippen LogP) is 3.39. The molecule has 1 aromatic carbocycles. The molecule has 0 aliphatic carbocycles.